The lowest BCUT2D eigenvalue weighted by Gasteiger charge is -2.37. The molecule has 2 aromatic carbocycles. The third-order valence-electron chi connectivity index (χ3n) is 5.49. The van der Waals surface area contributed by atoms with Gasteiger partial charge in [0.25, 0.3) is 0 Å². The quantitative estimate of drug-likeness (QED) is 0.434. The SMILES string of the molecule is CCN1C(=S)NC(c2ccc(NC(=O)CCc3ccccc3)cc2)C(C(=O)OC(C)C)=C1C. The molecule has 0 spiro atoms. The predicted octanol–water partition coefficient (Wildman–Crippen LogP) is 4.73. The minimum Gasteiger partial charge on any atom is -0.459 e. The summed E-state index contributed by atoms with van der Waals surface area (Å²) in [5.41, 5.74) is 4.03. The third kappa shape index (κ3) is 6.20. The van der Waals surface area contributed by atoms with Crippen LogP contribution in [0.25, 0.3) is 0 Å². The maximum atomic E-state index is 12.9. The molecular weight excluding hydrogens is 434 g/mol. The average molecular weight is 466 g/mol. The van der Waals surface area contributed by atoms with Crippen LogP contribution < -0.4 is 10.6 Å². The zero-order chi connectivity index (χ0) is 24.0. The van der Waals surface area contributed by atoms with Crippen LogP contribution in [0.15, 0.2) is 65.9 Å². The summed E-state index contributed by atoms with van der Waals surface area (Å²) in [7, 11) is 0. The van der Waals surface area contributed by atoms with Crippen molar-refractivity contribution in [3.8, 4) is 0 Å². The van der Waals surface area contributed by atoms with Crippen LogP contribution in [0.3, 0.4) is 0 Å². The highest BCUT2D eigenvalue weighted by Crippen LogP contribution is 2.32. The molecule has 1 heterocycles. The molecule has 0 saturated heterocycles. The van der Waals surface area contributed by atoms with Gasteiger partial charge in [-0.25, -0.2) is 4.79 Å². The van der Waals surface area contributed by atoms with Crippen LogP contribution in [0.1, 0.15) is 51.3 Å². The Balaban J connectivity index is 1.74. The van der Waals surface area contributed by atoms with E-state index in [1.54, 1.807) is 0 Å². The molecule has 33 heavy (non-hydrogen) atoms. The monoisotopic (exact) mass is 465 g/mol. The molecule has 1 amide bonds. The molecule has 0 radical (unpaired) electrons. The van der Waals surface area contributed by atoms with Crippen molar-refractivity contribution in [1.82, 2.24) is 10.2 Å². The highest BCUT2D eigenvalue weighted by molar-refractivity contribution is 7.80. The maximum Gasteiger partial charge on any atom is 0.338 e. The van der Waals surface area contributed by atoms with Crippen LogP contribution in [0.2, 0.25) is 0 Å². The zero-order valence-electron chi connectivity index (χ0n) is 19.6. The standard InChI is InChI=1S/C26H31N3O3S/c1-5-29-18(4)23(25(31)32-17(2)3)24(28-26(29)33)20-12-14-21(15-13-20)27-22(30)16-11-19-9-7-6-8-10-19/h6-10,12-15,17,24H,5,11,16H2,1-4H3,(H,27,30)(H,28,33). The number of hydrogen-bond acceptors (Lipinski definition) is 4. The number of allylic oxidation sites excluding steroid dienone is 1. The van der Waals surface area contributed by atoms with Crippen LogP contribution in [0.5, 0.6) is 0 Å². The number of hydrogen-bond donors (Lipinski definition) is 2. The number of ether oxygens (including phenoxy) is 1. The van der Waals surface area contributed by atoms with Gasteiger partial charge in [-0.3, -0.25) is 4.79 Å². The van der Waals surface area contributed by atoms with Gasteiger partial charge in [-0.2, -0.15) is 0 Å². The van der Waals surface area contributed by atoms with Gasteiger partial charge in [0.1, 0.15) is 0 Å². The molecule has 0 bridgehead atoms. The normalized spacial score (nSPS) is 16.0. The van der Waals surface area contributed by atoms with Crippen molar-refractivity contribution in [3.63, 3.8) is 0 Å². The lowest BCUT2D eigenvalue weighted by Crippen LogP contribution is -2.47. The van der Waals surface area contributed by atoms with Gasteiger partial charge in [0.05, 0.1) is 17.7 Å². The first-order chi connectivity index (χ1) is 15.8. The van der Waals surface area contributed by atoms with E-state index in [1.807, 2.05) is 87.2 Å². The number of carbonyl (C=O) groups is 2. The van der Waals surface area contributed by atoms with Crippen LogP contribution in [0.4, 0.5) is 5.69 Å². The van der Waals surface area contributed by atoms with Gasteiger partial charge in [-0.05, 0) is 69.6 Å². The fourth-order valence-corrected chi connectivity index (χ4v) is 4.22. The molecular formula is C26H31N3O3S. The summed E-state index contributed by atoms with van der Waals surface area (Å²) in [6.07, 6.45) is 0.869. The molecule has 6 nitrogen and oxygen atoms in total. The summed E-state index contributed by atoms with van der Waals surface area (Å²) in [4.78, 5) is 27.2. The Hall–Kier alpha value is -3.19. The first-order valence-corrected chi connectivity index (χ1v) is 11.6. The number of amides is 1. The Morgan fingerprint density at radius 2 is 1.79 bits per heavy atom. The first kappa shape index (κ1) is 24.5. The van der Waals surface area contributed by atoms with Gasteiger partial charge in [0.2, 0.25) is 5.91 Å². The van der Waals surface area contributed by atoms with E-state index in [0.717, 1.165) is 16.8 Å². The Morgan fingerprint density at radius 1 is 1.12 bits per heavy atom. The van der Waals surface area contributed by atoms with Crippen LogP contribution >= 0.6 is 12.2 Å². The summed E-state index contributed by atoms with van der Waals surface area (Å²) < 4.78 is 5.52. The number of benzene rings is 2. The van der Waals surface area contributed by atoms with Crippen molar-refractivity contribution < 1.29 is 14.3 Å². The lowest BCUT2D eigenvalue weighted by molar-refractivity contribution is -0.143. The van der Waals surface area contributed by atoms with E-state index in [1.165, 1.54) is 0 Å². The molecule has 0 aromatic heterocycles. The topological polar surface area (TPSA) is 70.7 Å². The Labute approximate surface area is 201 Å². The van der Waals surface area contributed by atoms with Gasteiger partial charge in [0, 0.05) is 24.4 Å². The third-order valence-corrected chi connectivity index (χ3v) is 5.82. The number of carbonyl (C=O) groups excluding carboxylic acids is 2. The molecule has 174 valence electrons. The molecule has 1 unspecified atom stereocenters. The molecule has 0 aliphatic carbocycles. The van der Waals surface area contributed by atoms with E-state index >= 15 is 0 Å². The number of thiocarbonyl (C=S) groups is 1. The van der Waals surface area contributed by atoms with Gasteiger partial charge in [-0.1, -0.05) is 42.5 Å². The fourth-order valence-electron chi connectivity index (χ4n) is 3.84. The Bertz CT molecular complexity index is 1030. The number of nitrogens with one attached hydrogen (secondary N) is 2. The van der Waals surface area contributed by atoms with Crippen molar-refractivity contribution in [1.29, 1.82) is 0 Å². The summed E-state index contributed by atoms with van der Waals surface area (Å²) in [6.45, 7) is 8.18. The van der Waals surface area contributed by atoms with Crippen molar-refractivity contribution in [2.45, 2.75) is 52.7 Å². The second-order valence-corrected chi connectivity index (χ2v) is 8.62. The first-order valence-electron chi connectivity index (χ1n) is 11.2. The fraction of sp³-hybridized carbons (Fsp3) is 0.346. The van der Waals surface area contributed by atoms with Crippen molar-refractivity contribution in [3.05, 3.63) is 77.0 Å². The minimum atomic E-state index is -0.422. The van der Waals surface area contributed by atoms with E-state index in [9.17, 15) is 9.59 Å². The summed E-state index contributed by atoms with van der Waals surface area (Å²) in [5.74, 6) is -0.404. The number of aryl methyl sites for hydroxylation is 1. The molecule has 0 fully saturated rings. The molecule has 1 aliphatic heterocycles. The molecule has 1 atom stereocenters. The predicted molar refractivity (Wildman–Crippen MR) is 135 cm³/mol. The van der Waals surface area contributed by atoms with Crippen LogP contribution in [-0.4, -0.2) is 34.5 Å². The van der Waals surface area contributed by atoms with Gasteiger partial charge < -0.3 is 20.3 Å². The maximum absolute atomic E-state index is 12.9. The minimum absolute atomic E-state index is 0.0425. The van der Waals surface area contributed by atoms with E-state index in [2.05, 4.69) is 10.6 Å². The second-order valence-electron chi connectivity index (χ2n) is 8.24. The van der Waals surface area contributed by atoms with E-state index in [0.29, 0.717) is 35.8 Å². The van der Waals surface area contributed by atoms with Gasteiger partial charge in [-0.15, -0.1) is 0 Å². The number of anilines is 1. The molecule has 7 heteroatoms. The Kier molecular flexibility index (Phi) is 8.22. The zero-order valence-corrected chi connectivity index (χ0v) is 20.4. The summed E-state index contributed by atoms with van der Waals surface area (Å²) in [5, 5.41) is 6.79. The highest BCUT2D eigenvalue weighted by atomic mass is 32.1. The molecule has 1 aliphatic rings. The number of esters is 1. The van der Waals surface area contributed by atoms with Crippen LogP contribution in [-0.2, 0) is 20.7 Å². The van der Waals surface area contributed by atoms with Crippen molar-refractivity contribution >= 4 is 34.9 Å². The van der Waals surface area contributed by atoms with E-state index in [-0.39, 0.29) is 18.0 Å². The van der Waals surface area contributed by atoms with Gasteiger partial charge >= 0.3 is 5.97 Å². The van der Waals surface area contributed by atoms with E-state index < -0.39 is 6.04 Å². The smallest absolute Gasteiger partial charge is 0.338 e. The second kappa shape index (κ2) is 11.1. The van der Waals surface area contributed by atoms with Crippen molar-refractivity contribution in [2.75, 3.05) is 11.9 Å². The lowest BCUT2D eigenvalue weighted by atomic mass is 9.94. The summed E-state index contributed by atoms with van der Waals surface area (Å²) >= 11 is 5.53. The van der Waals surface area contributed by atoms with Gasteiger partial charge in [0.15, 0.2) is 5.11 Å². The summed E-state index contributed by atoms with van der Waals surface area (Å²) in [6, 6.07) is 17.0. The van der Waals surface area contributed by atoms with Crippen molar-refractivity contribution in [2.24, 2.45) is 0 Å². The molecule has 0 saturated carbocycles. The highest BCUT2D eigenvalue weighted by Gasteiger charge is 2.34. The number of nitrogens with zero attached hydrogens (tertiary/aromatic N) is 1. The largest absolute Gasteiger partial charge is 0.459 e. The number of rotatable bonds is 8. The molecule has 2 aromatic rings. The molecule has 2 N–H and O–H groups in total. The Morgan fingerprint density at radius 3 is 2.39 bits per heavy atom. The van der Waals surface area contributed by atoms with Crippen LogP contribution in [0, 0.1) is 0 Å². The average Bonchev–Trinajstić information content (AvgIpc) is 2.78. The van der Waals surface area contributed by atoms with E-state index in [4.69, 9.17) is 17.0 Å². The molecule has 3 rings (SSSR count).